The molecule has 21 heteroatoms. The predicted octanol–water partition coefficient (Wildman–Crippen LogP) is 7.75. The number of carbonyl (C=O) groups is 4. The monoisotopic (exact) mass is 1030 g/mol. The maximum Gasteiger partial charge on any atom is 0.295 e. The summed E-state index contributed by atoms with van der Waals surface area (Å²) in [6.07, 6.45) is 14.3. The van der Waals surface area contributed by atoms with Gasteiger partial charge in [0, 0.05) is 61.9 Å². The van der Waals surface area contributed by atoms with Crippen molar-refractivity contribution in [1.29, 1.82) is 0 Å². The van der Waals surface area contributed by atoms with Gasteiger partial charge in [-0.3, -0.25) is 24.2 Å². The maximum absolute atomic E-state index is 13.3. The second-order valence-corrected chi connectivity index (χ2v) is 16.3. The normalized spacial score (nSPS) is 13.7. The minimum Gasteiger partial charge on any atom is -0.494 e. The first-order valence-corrected chi connectivity index (χ1v) is 22.6. The third kappa shape index (κ3) is 10.9. The van der Waals surface area contributed by atoms with Crippen LogP contribution in [0.15, 0.2) is 119 Å². The molecule has 0 atom stereocenters. The van der Waals surface area contributed by atoms with Crippen LogP contribution in [0, 0.1) is 13.1 Å². The van der Waals surface area contributed by atoms with Gasteiger partial charge in [0.05, 0.1) is 79.2 Å². The molecule has 2 N–H and O–H groups in total. The summed E-state index contributed by atoms with van der Waals surface area (Å²) < 4.78 is 12.2. The Morgan fingerprint density at radius 1 is 0.694 bits per heavy atom. The number of amides is 2. The van der Waals surface area contributed by atoms with Gasteiger partial charge in [0.15, 0.2) is 22.4 Å². The quantitative estimate of drug-likeness (QED) is 0.0472. The molecule has 2 fully saturated rings. The molecule has 72 heavy (non-hydrogen) atoms. The first-order valence-electron chi connectivity index (χ1n) is 22.2. The van der Waals surface area contributed by atoms with Crippen LogP contribution in [0.1, 0.15) is 57.5 Å². The summed E-state index contributed by atoms with van der Waals surface area (Å²) in [4.78, 5) is 88.6. The number of fused-ring (bicyclic) bond motifs is 2. The minimum atomic E-state index is -0.633. The van der Waals surface area contributed by atoms with Gasteiger partial charge < -0.3 is 29.2 Å². The van der Waals surface area contributed by atoms with E-state index < -0.39 is 23.4 Å². The molecule has 0 saturated carbocycles. The molecule has 2 saturated heterocycles. The summed E-state index contributed by atoms with van der Waals surface area (Å²) in [7, 11) is 2.95. The Morgan fingerprint density at radius 3 is 1.60 bits per heavy atom. The van der Waals surface area contributed by atoms with Gasteiger partial charge >= 0.3 is 0 Å². The fraction of sp³-hybridized carbons (Fsp3) is 0.216. The molecule has 0 spiro atoms. The van der Waals surface area contributed by atoms with Crippen LogP contribution < -0.4 is 9.47 Å². The van der Waals surface area contributed by atoms with Gasteiger partial charge in [0.1, 0.15) is 30.5 Å². The van der Waals surface area contributed by atoms with Gasteiger partial charge in [-0.2, -0.15) is 5.10 Å². The van der Waals surface area contributed by atoms with Crippen LogP contribution >= 0.6 is 11.6 Å². The number of hydrogen-bond donors (Lipinski definition) is 2. The number of halogens is 1. The maximum atomic E-state index is 13.3. The zero-order valence-electron chi connectivity index (χ0n) is 38.8. The molecule has 19 nitrogen and oxygen atoms in total. The molecule has 0 unspecified atom stereocenters. The van der Waals surface area contributed by atoms with E-state index in [2.05, 4.69) is 49.7 Å². The number of pyridine rings is 2. The largest absolute Gasteiger partial charge is 0.494 e. The van der Waals surface area contributed by atoms with Gasteiger partial charge in [-0.15, -0.1) is 0 Å². The number of aliphatic imine (C=N–C) groups is 2. The Balaban J connectivity index is 0.000000191. The average Bonchev–Trinajstić information content (AvgIpc) is 4.29. The van der Waals surface area contributed by atoms with E-state index in [0.717, 1.165) is 28.8 Å². The number of H-pyrrole nitrogens is 2. The molecule has 3 aliphatic heterocycles. The first-order chi connectivity index (χ1) is 34.7. The van der Waals surface area contributed by atoms with Crippen molar-refractivity contribution in [2.24, 2.45) is 9.98 Å². The van der Waals surface area contributed by atoms with Crippen molar-refractivity contribution in [3.05, 3.63) is 159 Å². The molecular weight excluding hydrogens is 990 g/mol. The van der Waals surface area contributed by atoms with Crippen LogP contribution in [0.5, 0.6) is 11.5 Å². The van der Waals surface area contributed by atoms with Crippen LogP contribution in [-0.2, 0) is 26.7 Å². The van der Waals surface area contributed by atoms with E-state index in [4.69, 9.17) is 34.2 Å². The van der Waals surface area contributed by atoms with Crippen molar-refractivity contribution < 1.29 is 45.7 Å². The SMILES string of the molecule is C1=NC=NC1.[C-]#[N+]C(=C1CCN(C(=O)C(=O)c2c[nH]c3c(-n4cncn4)ncc(OC)c23)CC1)c1ccccc1.[C-]#[N+]C(=C1CCN(C(=O)C(=O)c2c[nH]c3c(Cl)ncc(OC)c23)CC1)c1ccccc1.[Cu]. The zero-order valence-corrected chi connectivity index (χ0v) is 40.5. The number of rotatable bonds is 9. The molecule has 7 aromatic rings. The third-order valence-corrected chi connectivity index (χ3v) is 12.3. The number of aromatic nitrogens is 7. The molecule has 2 amide bonds. The van der Waals surface area contributed by atoms with Crippen LogP contribution in [-0.4, -0.2) is 127 Å². The molecule has 8 heterocycles. The Kier molecular flexibility index (Phi) is 17.0. The molecule has 0 aliphatic carbocycles. The molecule has 2 aromatic carbocycles. The number of ether oxygens (including phenoxy) is 2. The Hall–Kier alpha value is -8.55. The number of piperidine rings is 2. The number of benzene rings is 2. The van der Waals surface area contributed by atoms with Crippen molar-refractivity contribution in [3.8, 4) is 17.3 Å². The molecule has 5 aromatic heterocycles. The predicted molar refractivity (Wildman–Crippen MR) is 267 cm³/mol. The van der Waals surface area contributed by atoms with E-state index in [1.165, 1.54) is 61.2 Å². The Morgan fingerprint density at radius 2 is 1.18 bits per heavy atom. The fourth-order valence-electron chi connectivity index (χ4n) is 8.42. The molecule has 10 rings (SSSR count). The van der Waals surface area contributed by atoms with Crippen LogP contribution in [0.25, 0.3) is 48.7 Å². The number of likely N-dealkylation sites (tertiary alicyclic amines) is 2. The van der Waals surface area contributed by atoms with Gasteiger partial charge in [-0.25, -0.2) is 34.3 Å². The molecule has 0 bridgehead atoms. The molecule has 1 radical (unpaired) electrons. The number of carbonyl (C=O) groups excluding carboxylic acids is 4. The van der Waals surface area contributed by atoms with Gasteiger partial charge in [-0.1, -0.05) is 83.4 Å². The zero-order chi connectivity index (χ0) is 49.9. The number of ketones is 2. The Labute approximate surface area is 428 Å². The molecular formula is C51H44ClCuN13O6. The second-order valence-electron chi connectivity index (χ2n) is 15.9. The summed E-state index contributed by atoms with van der Waals surface area (Å²) in [6, 6.07) is 19.1. The second kappa shape index (κ2) is 23.8. The Bertz CT molecular complexity index is 3320. The van der Waals surface area contributed by atoms with Crippen LogP contribution in [0.4, 0.5) is 0 Å². The van der Waals surface area contributed by atoms with E-state index in [1.807, 2.05) is 60.7 Å². The number of methoxy groups -OCH3 is 2. The standard InChI is InChI=1S/C25H21N7O3.C23H19ClN4O3.C3H4N2.Cu/c1-26-21(16-6-4-3-5-7-16)17-8-10-31(11-9-17)25(34)23(33)18-12-28-22-20(18)19(35-2)13-29-24(22)32-15-27-14-30-32;1-25-19(14-6-4-3-5-7-14)15-8-10-28(11-9-15)23(30)21(29)16-12-26-20-18(16)17(31-2)13-27-22(20)24;1-2-5-3-4-1;/h3-7,12-15,28H,8-11H2,2H3;3-7,12-13,26H,8-11H2,2H3;1,3H,2H2;. The van der Waals surface area contributed by atoms with E-state index in [0.29, 0.717) is 102 Å². The minimum absolute atomic E-state index is 0. The van der Waals surface area contributed by atoms with Crippen molar-refractivity contribution in [1.82, 2.24) is 44.5 Å². The van der Waals surface area contributed by atoms with E-state index in [1.54, 1.807) is 17.5 Å². The summed E-state index contributed by atoms with van der Waals surface area (Å²) >= 11 is 6.11. The first kappa shape index (κ1) is 51.3. The summed E-state index contributed by atoms with van der Waals surface area (Å²) in [5, 5.41) is 5.20. The number of aromatic amines is 2. The smallest absolute Gasteiger partial charge is 0.295 e. The van der Waals surface area contributed by atoms with Gasteiger partial charge in [-0.05, 0) is 36.8 Å². The summed E-state index contributed by atoms with van der Waals surface area (Å²) in [6.45, 7) is 17.5. The third-order valence-electron chi connectivity index (χ3n) is 12.0. The number of nitrogens with zero attached hydrogens (tertiary/aromatic N) is 11. The number of hydrogen-bond acceptors (Lipinski definition) is 12. The van der Waals surface area contributed by atoms with Crippen molar-refractivity contribution in [2.45, 2.75) is 25.7 Å². The molecule has 3 aliphatic rings. The van der Waals surface area contributed by atoms with E-state index in [-0.39, 0.29) is 33.3 Å². The summed E-state index contributed by atoms with van der Waals surface area (Å²) in [5.41, 5.74) is 6.37. The van der Waals surface area contributed by atoms with Crippen molar-refractivity contribution in [3.63, 3.8) is 0 Å². The van der Waals surface area contributed by atoms with E-state index in [9.17, 15) is 19.2 Å². The molecule has 367 valence electrons. The van der Waals surface area contributed by atoms with Crippen molar-refractivity contribution in [2.75, 3.05) is 46.9 Å². The topological polar surface area (TPSA) is 215 Å². The van der Waals surface area contributed by atoms with Gasteiger partial charge in [0.25, 0.3) is 23.4 Å². The van der Waals surface area contributed by atoms with Crippen LogP contribution in [0.3, 0.4) is 0 Å². The van der Waals surface area contributed by atoms with Crippen LogP contribution in [0.2, 0.25) is 5.15 Å². The fourth-order valence-corrected chi connectivity index (χ4v) is 8.62. The number of Topliss-reactive ketones (excluding diaryl/α,β-unsaturated/α-hetero) is 2. The number of nitrogens with one attached hydrogen (secondary N) is 2. The van der Waals surface area contributed by atoms with E-state index >= 15 is 0 Å². The summed E-state index contributed by atoms with van der Waals surface area (Å²) in [5.74, 6) is -1.27. The van der Waals surface area contributed by atoms with Gasteiger partial charge in [0.2, 0.25) is 0 Å². The average molecular weight is 1030 g/mol. The van der Waals surface area contributed by atoms with Crippen molar-refractivity contribution >= 4 is 80.7 Å².